The van der Waals surface area contributed by atoms with Gasteiger partial charge in [0, 0.05) is 0 Å². The second kappa shape index (κ2) is 6.93. The number of aliphatic hydroxyl groups excluding tert-OH is 1. The minimum atomic E-state index is -1.43. The predicted molar refractivity (Wildman–Crippen MR) is 87.7 cm³/mol. The van der Waals surface area contributed by atoms with Gasteiger partial charge in [0.15, 0.2) is 0 Å². The van der Waals surface area contributed by atoms with Crippen LogP contribution in [0.1, 0.15) is 26.3 Å². The average molecular weight is 358 g/mol. The Labute approximate surface area is 147 Å². The third-order valence-electron chi connectivity index (χ3n) is 4.02. The number of nitrogens with two attached hydrogens (primary N) is 1. The van der Waals surface area contributed by atoms with Gasteiger partial charge < -0.3 is 15.6 Å². The molecule has 8 heteroatoms. The van der Waals surface area contributed by atoms with Gasteiger partial charge in [0.05, 0.1) is 17.7 Å². The number of rotatable bonds is 6. The standard InChI is InChI=1S/C18H15FN2O5/c19-11-3-1-10(2-4-11)9-26-12-5-6-13-14(7-12)18(25)21(17(13)24)15(8-22)16(20)23/h1-7,15,22H,8-9H2,(H2,20,23). The van der Waals surface area contributed by atoms with E-state index in [9.17, 15) is 23.9 Å². The van der Waals surface area contributed by atoms with E-state index in [1.165, 1.54) is 30.3 Å². The van der Waals surface area contributed by atoms with Gasteiger partial charge in [-0.15, -0.1) is 0 Å². The highest BCUT2D eigenvalue weighted by atomic mass is 19.1. The van der Waals surface area contributed by atoms with Crippen molar-refractivity contribution < 1.29 is 28.6 Å². The Morgan fingerprint density at radius 2 is 1.77 bits per heavy atom. The number of benzene rings is 2. The van der Waals surface area contributed by atoms with Crippen LogP contribution in [0.2, 0.25) is 0 Å². The summed E-state index contributed by atoms with van der Waals surface area (Å²) in [7, 11) is 0. The summed E-state index contributed by atoms with van der Waals surface area (Å²) < 4.78 is 18.5. The lowest BCUT2D eigenvalue weighted by Gasteiger charge is -2.20. The Morgan fingerprint density at radius 1 is 1.12 bits per heavy atom. The molecule has 3 amide bonds. The molecule has 0 aromatic heterocycles. The first kappa shape index (κ1) is 17.6. The first-order valence-corrected chi connectivity index (χ1v) is 7.71. The lowest BCUT2D eigenvalue weighted by molar-refractivity contribution is -0.122. The fourth-order valence-electron chi connectivity index (χ4n) is 2.66. The molecule has 0 saturated heterocycles. The fourth-order valence-corrected chi connectivity index (χ4v) is 2.66. The van der Waals surface area contributed by atoms with Gasteiger partial charge in [0.1, 0.15) is 24.2 Å². The number of hydrogen-bond acceptors (Lipinski definition) is 5. The quantitative estimate of drug-likeness (QED) is 0.744. The summed E-state index contributed by atoms with van der Waals surface area (Å²) in [5.74, 6) is -2.43. The number of halogens is 1. The molecular formula is C18H15FN2O5. The molecular weight excluding hydrogens is 343 g/mol. The molecule has 1 aliphatic rings. The number of fused-ring (bicyclic) bond motifs is 1. The van der Waals surface area contributed by atoms with E-state index in [2.05, 4.69) is 0 Å². The first-order valence-electron chi connectivity index (χ1n) is 7.71. The van der Waals surface area contributed by atoms with Gasteiger partial charge in [-0.05, 0) is 35.9 Å². The van der Waals surface area contributed by atoms with Crippen molar-refractivity contribution in [2.45, 2.75) is 12.6 Å². The Kier molecular flexibility index (Phi) is 4.68. The molecule has 0 bridgehead atoms. The summed E-state index contributed by atoms with van der Waals surface area (Å²) in [5.41, 5.74) is 6.03. The van der Waals surface area contributed by atoms with E-state index in [4.69, 9.17) is 10.5 Å². The normalized spacial score (nSPS) is 14.3. The van der Waals surface area contributed by atoms with Crippen molar-refractivity contribution in [1.82, 2.24) is 4.90 Å². The van der Waals surface area contributed by atoms with Crippen molar-refractivity contribution >= 4 is 17.7 Å². The topological polar surface area (TPSA) is 110 Å². The maximum absolute atomic E-state index is 12.9. The summed E-state index contributed by atoms with van der Waals surface area (Å²) in [6.07, 6.45) is 0. The number of aliphatic hydroxyl groups is 1. The van der Waals surface area contributed by atoms with E-state index in [1.54, 1.807) is 12.1 Å². The Morgan fingerprint density at radius 3 is 2.38 bits per heavy atom. The highest BCUT2D eigenvalue weighted by Crippen LogP contribution is 2.28. The van der Waals surface area contributed by atoms with Crippen LogP contribution in [0, 0.1) is 5.82 Å². The van der Waals surface area contributed by atoms with Crippen molar-refractivity contribution in [3.05, 3.63) is 65.0 Å². The minimum Gasteiger partial charge on any atom is -0.489 e. The second-order valence-electron chi connectivity index (χ2n) is 5.70. The van der Waals surface area contributed by atoms with E-state index in [-0.39, 0.29) is 23.6 Å². The van der Waals surface area contributed by atoms with Crippen molar-refractivity contribution in [3.8, 4) is 5.75 Å². The SMILES string of the molecule is NC(=O)C(CO)N1C(=O)c2ccc(OCc3ccc(F)cc3)cc2C1=O. The molecule has 0 radical (unpaired) electrons. The predicted octanol–water partition coefficient (Wildman–Crippen LogP) is 0.847. The van der Waals surface area contributed by atoms with E-state index in [0.29, 0.717) is 10.6 Å². The number of primary amides is 1. The highest BCUT2D eigenvalue weighted by Gasteiger charge is 2.42. The van der Waals surface area contributed by atoms with Crippen LogP contribution in [0.25, 0.3) is 0 Å². The minimum absolute atomic E-state index is 0.0614. The van der Waals surface area contributed by atoms with E-state index in [1.807, 2.05) is 0 Å². The van der Waals surface area contributed by atoms with Crippen LogP contribution >= 0.6 is 0 Å². The zero-order valence-electron chi connectivity index (χ0n) is 13.5. The van der Waals surface area contributed by atoms with E-state index < -0.39 is 30.4 Å². The van der Waals surface area contributed by atoms with Gasteiger partial charge in [-0.3, -0.25) is 19.3 Å². The van der Waals surface area contributed by atoms with Gasteiger partial charge in [-0.25, -0.2) is 4.39 Å². The average Bonchev–Trinajstić information content (AvgIpc) is 2.86. The van der Waals surface area contributed by atoms with Crippen molar-refractivity contribution in [3.63, 3.8) is 0 Å². The molecule has 1 atom stereocenters. The molecule has 1 aliphatic heterocycles. The molecule has 7 nitrogen and oxygen atoms in total. The third-order valence-corrected chi connectivity index (χ3v) is 4.02. The lowest BCUT2D eigenvalue weighted by atomic mass is 10.1. The molecule has 1 heterocycles. The number of imide groups is 1. The Balaban J connectivity index is 1.80. The summed E-state index contributed by atoms with van der Waals surface area (Å²) in [6, 6.07) is 8.62. The van der Waals surface area contributed by atoms with Crippen molar-refractivity contribution in [2.24, 2.45) is 5.73 Å². The molecule has 2 aromatic carbocycles. The van der Waals surface area contributed by atoms with Gasteiger partial charge in [-0.1, -0.05) is 12.1 Å². The van der Waals surface area contributed by atoms with Crippen LogP contribution < -0.4 is 10.5 Å². The van der Waals surface area contributed by atoms with Gasteiger partial charge in [0.25, 0.3) is 11.8 Å². The molecule has 2 aromatic rings. The fraction of sp³-hybridized carbons (Fsp3) is 0.167. The molecule has 3 rings (SSSR count). The third kappa shape index (κ3) is 3.14. The highest BCUT2D eigenvalue weighted by molar-refractivity contribution is 6.23. The maximum atomic E-state index is 12.9. The van der Waals surface area contributed by atoms with Gasteiger partial charge >= 0.3 is 0 Å². The van der Waals surface area contributed by atoms with Gasteiger partial charge in [0.2, 0.25) is 5.91 Å². The van der Waals surface area contributed by atoms with Crippen LogP contribution in [0.3, 0.4) is 0 Å². The molecule has 0 saturated carbocycles. The molecule has 134 valence electrons. The largest absolute Gasteiger partial charge is 0.489 e. The number of carbonyl (C=O) groups excluding carboxylic acids is 3. The van der Waals surface area contributed by atoms with Crippen LogP contribution in [0.15, 0.2) is 42.5 Å². The molecule has 0 spiro atoms. The summed E-state index contributed by atoms with van der Waals surface area (Å²) >= 11 is 0. The Hall–Kier alpha value is -3.26. The van der Waals surface area contributed by atoms with Crippen molar-refractivity contribution in [1.29, 1.82) is 0 Å². The number of amides is 3. The zero-order valence-corrected chi connectivity index (χ0v) is 13.5. The summed E-state index contributed by atoms with van der Waals surface area (Å²) in [4.78, 5) is 36.8. The van der Waals surface area contributed by atoms with Crippen LogP contribution in [0.4, 0.5) is 4.39 Å². The molecule has 1 unspecified atom stereocenters. The number of nitrogens with zero attached hydrogens (tertiary/aromatic N) is 1. The number of carbonyl (C=O) groups is 3. The van der Waals surface area contributed by atoms with E-state index in [0.717, 1.165) is 5.56 Å². The molecule has 0 aliphatic carbocycles. The summed E-state index contributed by atoms with van der Waals surface area (Å²) in [6.45, 7) is -0.611. The van der Waals surface area contributed by atoms with Crippen LogP contribution in [-0.4, -0.2) is 40.4 Å². The number of hydrogen-bond donors (Lipinski definition) is 2. The summed E-state index contributed by atoms with van der Waals surface area (Å²) in [5, 5.41) is 9.26. The van der Waals surface area contributed by atoms with Crippen molar-refractivity contribution in [2.75, 3.05) is 6.61 Å². The van der Waals surface area contributed by atoms with Crippen LogP contribution in [0.5, 0.6) is 5.75 Å². The maximum Gasteiger partial charge on any atom is 0.262 e. The second-order valence-corrected chi connectivity index (χ2v) is 5.70. The molecule has 0 fully saturated rings. The monoisotopic (exact) mass is 358 g/mol. The number of ether oxygens (including phenoxy) is 1. The zero-order chi connectivity index (χ0) is 18.8. The Bertz CT molecular complexity index is 882. The van der Waals surface area contributed by atoms with Gasteiger partial charge in [-0.2, -0.15) is 0 Å². The van der Waals surface area contributed by atoms with E-state index >= 15 is 0 Å². The lowest BCUT2D eigenvalue weighted by Crippen LogP contribution is -2.49. The first-order chi connectivity index (χ1) is 12.4. The smallest absolute Gasteiger partial charge is 0.262 e. The van der Waals surface area contributed by atoms with Crippen LogP contribution in [-0.2, 0) is 11.4 Å². The molecule has 3 N–H and O–H groups in total. The molecule has 26 heavy (non-hydrogen) atoms.